The fourth-order valence-corrected chi connectivity index (χ4v) is 4.59. The highest BCUT2D eigenvalue weighted by Gasteiger charge is 2.47. The van der Waals surface area contributed by atoms with Crippen molar-refractivity contribution >= 4 is 50.7 Å². The summed E-state index contributed by atoms with van der Waals surface area (Å²) in [6.07, 6.45) is 0. The van der Waals surface area contributed by atoms with E-state index in [0.29, 0.717) is 44.4 Å². The Morgan fingerprint density at radius 3 is 2.47 bits per heavy atom. The van der Waals surface area contributed by atoms with E-state index in [4.69, 9.17) is 21.1 Å². The van der Waals surface area contributed by atoms with Crippen molar-refractivity contribution in [3.63, 3.8) is 0 Å². The van der Waals surface area contributed by atoms with E-state index >= 15 is 0 Å². The number of rotatable bonds is 6. The lowest BCUT2D eigenvalue weighted by atomic mass is 9.95. The molecule has 3 aromatic rings. The minimum atomic E-state index is -0.873. The van der Waals surface area contributed by atoms with Gasteiger partial charge in [-0.2, -0.15) is 0 Å². The average Bonchev–Trinajstić information content (AvgIpc) is 3.10. The van der Waals surface area contributed by atoms with Crippen molar-refractivity contribution in [2.24, 2.45) is 0 Å². The van der Waals surface area contributed by atoms with Crippen LogP contribution in [0.15, 0.2) is 76.8 Å². The van der Waals surface area contributed by atoms with E-state index in [-0.39, 0.29) is 11.3 Å². The summed E-state index contributed by atoms with van der Waals surface area (Å²) in [6, 6.07) is 17.8. The molecule has 1 atom stereocenters. The summed E-state index contributed by atoms with van der Waals surface area (Å²) >= 11 is 9.44. The summed E-state index contributed by atoms with van der Waals surface area (Å²) in [6.45, 7) is 2.33. The molecule has 0 saturated carbocycles. The normalized spacial score (nSPS) is 17.2. The van der Waals surface area contributed by atoms with E-state index < -0.39 is 17.7 Å². The number of hydrogen-bond acceptors (Lipinski definition) is 5. The molecular weight excluding hydrogens is 522 g/mol. The molecule has 1 amide bonds. The summed E-state index contributed by atoms with van der Waals surface area (Å²) in [5.41, 5.74) is 1.45. The van der Waals surface area contributed by atoms with Gasteiger partial charge in [0.25, 0.3) is 11.7 Å². The third-order valence-electron chi connectivity index (χ3n) is 5.46. The monoisotopic (exact) mass is 541 g/mol. The second kappa shape index (κ2) is 9.91. The smallest absolute Gasteiger partial charge is 0.300 e. The number of ketones is 1. The molecule has 0 aromatic heterocycles. The summed E-state index contributed by atoms with van der Waals surface area (Å²) in [5.74, 6) is -0.660. The van der Waals surface area contributed by atoms with E-state index in [1.165, 1.54) is 12.0 Å². The van der Waals surface area contributed by atoms with Gasteiger partial charge in [-0.1, -0.05) is 23.7 Å². The molecule has 0 aliphatic carbocycles. The number of ether oxygens (including phenoxy) is 2. The van der Waals surface area contributed by atoms with E-state index in [2.05, 4.69) is 15.9 Å². The Balaban J connectivity index is 1.93. The second-order valence-electron chi connectivity index (χ2n) is 7.50. The number of Topliss-reactive ketones (excluding diaryl/α,β-unsaturated/α-hetero) is 1. The van der Waals surface area contributed by atoms with Gasteiger partial charge in [-0.05, 0) is 83.0 Å². The number of aliphatic hydroxyl groups is 1. The Kier molecular flexibility index (Phi) is 6.95. The molecule has 1 N–H and O–H groups in total. The molecular formula is C26H21BrClNO5. The minimum absolute atomic E-state index is 0.0225. The average molecular weight is 543 g/mol. The Bertz CT molecular complexity index is 1290. The summed E-state index contributed by atoms with van der Waals surface area (Å²) in [5, 5.41) is 11.8. The van der Waals surface area contributed by atoms with Crippen LogP contribution in [0.1, 0.15) is 24.1 Å². The fraction of sp³-hybridized carbons (Fsp3) is 0.154. The van der Waals surface area contributed by atoms with Crippen LogP contribution in [0.4, 0.5) is 5.69 Å². The number of nitrogens with zero attached hydrogens (tertiary/aromatic N) is 1. The highest BCUT2D eigenvalue weighted by Crippen LogP contribution is 2.43. The molecule has 1 aliphatic rings. The fourth-order valence-electron chi connectivity index (χ4n) is 3.93. The maximum Gasteiger partial charge on any atom is 0.300 e. The van der Waals surface area contributed by atoms with Crippen LogP contribution in [0.2, 0.25) is 5.02 Å². The maximum absolute atomic E-state index is 13.3. The number of carbonyl (C=O) groups excluding carboxylic acids is 2. The number of anilines is 1. The van der Waals surface area contributed by atoms with Gasteiger partial charge >= 0.3 is 0 Å². The topological polar surface area (TPSA) is 76.1 Å². The first kappa shape index (κ1) is 23.9. The zero-order valence-electron chi connectivity index (χ0n) is 18.4. The van der Waals surface area contributed by atoms with Crippen LogP contribution in [0, 0.1) is 0 Å². The van der Waals surface area contributed by atoms with Crippen molar-refractivity contribution in [1.29, 1.82) is 0 Å². The number of carbonyl (C=O) groups is 2. The van der Waals surface area contributed by atoms with Gasteiger partial charge in [0.1, 0.15) is 17.3 Å². The SMILES string of the molecule is CCOc1cccc(C2/C(=C(\O)c3ccc(OC)c(Br)c3)C(=O)C(=O)N2c2ccc(Cl)cc2)c1. The molecule has 0 spiro atoms. The van der Waals surface area contributed by atoms with E-state index in [9.17, 15) is 14.7 Å². The van der Waals surface area contributed by atoms with E-state index in [1.54, 1.807) is 66.7 Å². The Hall–Kier alpha value is -3.29. The Morgan fingerprint density at radius 1 is 1.09 bits per heavy atom. The van der Waals surface area contributed by atoms with Gasteiger partial charge in [0.15, 0.2) is 0 Å². The zero-order chi connectivity index (χ0) is 24.4. The Morgan fingerprint density at radius 2 is 1.82 bits per heavy atom. The van der Waals surface area contributed by atoms with Crippen molar-refractivity contribution in [3.05, 3.63) is 92.9 Å². The third kappa shape index (κ3) is 4.41. The summed E-state index contributed by atoms with van der Waals surface area (Å²) < 4.78 is 11.5. The van der Waals surface area contributed by atoms with Crippen molar-refractivity contribution in [1.82, 2.24) is 0 Å². The first-order valence-corrected chi connectivity index (χ1v) is 11.7. The quantitative estimate of drug-likeness (QED) is 0.230. The molecule has 0 bridgehead atoms. The molecule has 1 saturated heterocycles. The maximum atomic E-state index is 13.3. The van der Waals surface area contributed by atoms with Crippen LogP contribution in [0.5, 0.6) is 11.5 Å². The second-order valence-corrected chi connectivity index (χ2v) is 8.79. The van der Waals surface area contributed by atoms with Gasteiger partial charge in [0, 0.05) is 16.3 Å². The molecule has 3 aromatic carbocycles. The number of halogens is 2. The van der Waals surface area contributed by atoms with Crippen LogP contribution in [0.25, 0.3) is 5.76 Å². The molecule has 34 heavy (non-hydrogen) atoms. The highest BCUT2D eigenvalue weighted by atomic mass is 79.9. The summed E-state index contributed by atoms with van der Waals surface area (Å²) in [7, 11) is 1.53. The lowest BCUT2D eigenvalue weighted by Crippen LogP contribution is -2.29. The molecule has 1 heterocycles. The van der Waals surface area contributed by atoms with Crippen molar-refractivity contribution in [2.75, 3.05) is 18.6 Å². The number of methoxy groups -OCH3 is 1. The first-order chi connectivity index (χ1) is 16.3. The van der Waals surface area contributed by atoms with Crippen LogP contribution < -0.4 is 14.4 Å². The molecule has 6 nitrogen and oxygen atoms in total. The van der Waals surface area contributed by atoms with E-state index in [0.717, 1.165) is 0 Å². The minimum Gasteiger partial charge on any atom is -0.507 e. The van der Waals surface area contributed by atoms with Gasteiger partial charge in [-0.25, -0.2) is 0 Å². The number of benzene rings is 3. The molecule has 174 valence electrons. The summed E-state index contributed by atoms with van der Waals surface area (Å²) in [4.78, 5) is 27.9. The number of aliphatic hydroxyl groups excluding tert-OH is 1. The van der Waals surface area contributed by atoms with E-state index in [1.807, 2.05) is 6.92 Å². The van der Waals surface area contributed by atoms with Crippen LogP contribution in [-0.4, -0.2) is 30.5 Å². The van der Waals surface area contributed by atoms with Crippen LogP contribution in [0.3, 0.4) is 0 Å². The van der Waals surface area contributed by atoms with Crippen molar-refractivity contribution in [2.45, 2.75) is 13.0 Å². The van der Waals surface area contributed by atoms with Gasteiger partial charge in [0.2, 0.25) is 0 Å². The molecule has 8 heteroatoms. The van der Waals surface area contributed by atoms with Crippen molar-refractivity contribution < 1.29 is 24.2 Å². The molecule has 4 rings (SSSR count). The predicted molar refractivity (Wildman–Crippen MR) is 135 cm³/mol. The van der Waals surface area contributed by atoms with Gasteiger partial charge in [0.05, 0.1) is 29.8 Å². The molecule has 1 aliphatic heterocycles. The number of amides is 1. The standard InChI is InChI=1S/C26H21BrClNO5/c1-3-34-19-6-4-5-15(13-19)23-22(24(30)16-7-12-21(33-2)20(27)14-16)25(31)26(32)29(23)18-10-8-17(28)9-11-18/h4-14,23,30H,3H2,1-2H3/b24-22+. The molecule has 1 unspecified atom stereocenters. The van der Waals surface area contributed by atoms with Crippen LogP contribution in [-0.2, 0) is 9.59 Å². The van der Waals surface area contributed by atoms with Gasteiger partial charge in [-0.15, -0.1) is 0 Å². The van der Waals surface area contributed by atoms with Gasteiger partial charge in [-0.3, -0.25) is 14.5 Å². The largest absolute Gasteiger partial charge is 0.507 e. The number of hydrogen-bond donors (Lipinski definition) is 1. The van der Waals surface area contributed by atoms with Crippen LogP contribution >= 0.6 is 27.5 Å². The highest BCUT2D eigenvalue weighted by molar-refractivity contribution is 9.10. The first-order valence-electron chi connectivity index (χ1n) is 10.5. The zero-order valence-corrected chi connectivity index (χ0v) is 20.8. The lowest BCUT2D eigenvalue weighted by Gasteiger charge is -2.26. The lowest BCUT2D eigenvalue weighted by molar-refractivity contribution is -0.132. The Labute approximate surface area is 210 Å². The molecule has 1 fully saturated rings. The van der Waals surface area contributed by atoms with Crippen molar-refractivity contribution in [3.8, 4) is 11.5 Å². The predicted octanol–water partition coefficient (Wildman–Crippen LogP) is 6.14. The molecule has 0 radical (unpaired) electrons. The third-order valence-corrected chi connectivity index (χ3v) is 6.33. The van der Waals surface area contributed by atoms with Gasteiger partial charge < -0.3 is 14.6 Å².